The van der Waals surface area contributed by atoms with Crippen LogP contribution in [0.2, 0.25) is 0 Å². The third-order valence-corrected chi connectivity index (χ3v) is 2.40. The molecule has 15 heavy (non-hydrogen) atoms. The Bertz CT molecular complexity index is 339. The van der Waals surface area contributed by atoms with E-state index in [0.29, 0.717) is 18.7 Å². The van der Waals surface area contributed by atoms with Gasteiger partial charge < -0.3 is 16.4 Å². The molecule has 2 heterocycles. The number of piperidine rings is 1. The van der Waals surface area contributed by atoms with Crippen LogP contribution in [0.4, 0.5) is 11.5 Å². The molecular formula is C10H14N4O. The lowest BCUT2D eigenvalue weighted by molar-refractivity contribution is -0.122. The first-order chi connectivity index (χ1) is 7.24. The molecule has 1 saturated heterocycles. The zero-order chi connectivity index (χ0) is 10.7. The molecule has 1 unspecified atom stereocenters. The van der Waals surface area contributed by atoms with E-state index in [2.05, 4.69) is 15.6 Å². The monoisotopic (exact) mass is 206 g/mol. The van der Waals surface area contributed by atoms with Crippen molar-refractivity contribution in [2.45, 2.75) is 18.9 Å². The molecule has 1 aliphatic heterocycles. The van der Waals surface area contributed by atoms with Crippen molar-refractivity contribution in [3.05, 3.63) is 18.3 Å². The normalized spacial score (nSPS) is 20.8. The Labute approximate surface area is 88.1 Å². The van der Waals surface area contributed by atoms with Gasteiger partial charge >= 0.3 is 0 Å². The zero-order valence-electron chi connectivity index (χ0n) is 8.36. The Hall–Kier alpha value is -1.78. The van der Waals surface area contributed by atoms with Crippen LogP contribution in [-0.2, 0) is 4.79 Å². The van der Waals surface area contributed by atoms with Gasteiger partial charge in [0.1, 0.15) is 5.82 Å². The van der Waals surface area contributed by atoms with Crippen LogP contribution in [-0.4, -0.2) is 23.5 Å². The molecule has 80 valence electrons. The minimum Gasteiger partial charge on any atom is -0.397 e. The van der Waals surface area contributed by atoms with Gasteiger partial charge in [0, 0.05) is 19.0 Å². The van der Waals surface area contributed by atoms with Crippen molar-refractivity contribution < 1.29 is 4.79 Å². The Morgan fingerprint density at radius 2 is 2.40 bits per heavy atom. The summed E-state index contributed by atoms with van der Waals surface area (Å²) >= 11 is 0. The third kappa shape index (κ3) is 2.59. The third-order valence-electron chi connectivity index (χ3n) is 2.40. The number of anilines is 2. The van der Waals surface area contributed by atoms with E-state index in [0.717, 1.165) is 12.2 Å². The van der Waals surface area contributed by atoms with E-state index in [4.69, 9.17) is 5.73 Å². The molecule has 1 amide bonds. The number of aromatic nitrogens is 1. The molecule has 2 rings (SSSR count). The van der Waals surface area contributed by atoms with E-state index in [9.17, 15) is 4.79 Å². The van der Waals surface area contributed by atoms with E-state index in [1.807, 2.05) is 6.07 Å². The van der Waals surface area contributed by atoms with Gasteiger partial charge in [0.25, 0.3) is 0 Å². The van der Waals surface area contributed by atoms with Gasteiger partial charge in [-0.3, -0.25) is 4.79 Å². The molecule has 1 aromatic rings. The molecule has 1 atom stereocenters. The van der Waals surface area contributed by atoms with Crippen LogP contribution in [0.3, 0.4) is 0 Å². The molecule has 0 radical (unpaired) electrons. The fourth-order valence-electron chi connectivity index (χ4n) is 1.56. The summed E-state index contributed by atoms with van der Waals surface area (Å²) in [7, 11) is 0. The summed E-state index contributed by atoms with van der Waals surface area (Å²) in [5, 5.41) is 6.06. The first kappa shape index (κ1) is 9.76. The van der Waals surface area contributed by atoms with Crippen molar-refractivity contribution in [1.29, 1.82) is 0 Å². The molecule has 1 aromatic heterocycles. The smallest absolute Gasteiger partial charge is 0.220 e. The highest BCUT2D eigenvalue weighted by molar-refractivity contribution is 5.76. The number of nitrogens with zero attached hydrogens (tertiary/aromatic N) is 1. The Morgan fingerprint density at radius 3 is 3.00 bits per heavy atom. The summed E-state index contributed by atoms with van der Waals surface area (Å²) in [5.74, 6) is 0.920. The van der Waals surface area contributed by atoms with Crippen LogP contribution in [0.15, 0.2) is 18.3 Å². The highest BCUT2D eigenvalue weighted by atomic mass is 16.1. The molecule has 0 bridgehead atoms. The fraction of sp³-hybridized carbons (Fsp3) is 0.400. The number of amides is 1. The van der Waals surface area contributed by atoms with Crippen molar-refractivity contribution >= 4 is 17.4 Å². The van der Waals surface area contributed by atoms with Gasteiger partial charge in [-0.1, -0.05) is 0 Å². The molecule has 0 aliphatic carbocycles. The number of carbonyl (C=O) groups excluding carboxylic acids is 1. The quantitative estimate of drug-likeness (QED) is 0.652. The van der Waals surface area contributed by atoms with E-state index >= 15 is 0 Å². The van der Waals surface area contributed by atoms with Crippen LogP contribution >= 0.6 is 0 Å². The Kier molecular flexibility index (Phi) is 2.71. The Morgan fingerprint density at radius 1 is 1.53 bits per heavy atom. The van der Waals surface area contributed by atoms with Crippen LogP contribution < -0.4 is 16.4 Å². The molecule has 5 heteroatoms. The number of rotatable bonds is 2. The van der Waals surface area contributed by atoms with Gasteiger partial charge in [-0.15, -0.1) is 0 Å². The SMILES string of the molecule is Nc1ccc(NC2CCC(=O)NC2)nc1. The van der Waals surface area contributed by atoms with Crippen molar-refractivity contribution in [2.75, 3.05) is 17.6 Å². The molecule has 5 nitrogen and oxygen atoms in total. The first-order valence-corrected chi connectivity index (χ1v) is 4.99. The minimum atomic E-state index is 0.123. The maximum absolute atomic E-state index is 10.9. The van der Waals surface area contributed by atoms with Gasteiger partial charge in [-0.05, 0) is 18.6 Å². The van der Waals surface area contributed by atoms with Gasteiger partial charge in [-0.25, -0.2) is 4.98 Å². The highest BCUT2D eigenvalue weighted by Crippen LogP contribution is 2.11. The van der Waals surface area contributed by atoms with Gasteiger partial charge in [0.15, 0.2) is 0 Å². The maximum atomic E-state index is 10.9. The lowest BCUT2D eigenvalue weighted by Crippen LogP contribution is -2.42. The molecular weight excluding hydrogens is 192 g/mol. The zero-order valence-corrected chi connectivity index (χ0v) is 8.36. The van der Waals surface area contributed by atoms with Crippen molar-refractivity contribution in [3.63, 3.8) is 0 Å². The van der Waals surface area contributed by atoms with Gasteiger partial charge in [-0.2, -0.15) is 0 Å². The van der Waals surface area contributed by atoms with Crippen molar-refractivity contribution in [2.24, 2.45) is 0 Å². The molecule has 0 saturated carbocycles. The predicted octanol–water partition coefficient (Wildman–Crippen LogP) is 0.354. The number of carbonyl (C=O) groups is 1. The van der Waals surface area contributed by atoms with E-state index < -0.39 is 0 Å². The fourth-order valence-corrected chi connectivity index (χ4v) is 1.56. The number of hydrogen-bond donors (Lipinski definition) is 3. The van der Waals surface area contributed by atoms with Crippen LogP contribution in [0.1, 0.15) is 12.8 Å². The average molecular weight is 206 g/mol. The summed E-state index contributed by atoms with van der Waals surface area (Å²) in [6.45, 7) is 0.658. The lowest BCUT2D eigenvalue weighted by atomic mass is 10.1. The topological polar surface area (TPSA) is 80.0 Å². The van der Waals surface area contributed by atoms with Gasteiger partial charge in [0.05, 0.1) is 11.9 Å². The number of pyridine rings is 1. The van der Waals surface area contributed by atoms with Crippen molar-refractivity contribution in [1.82, 2.24) is 10.3 Å². The second-order valence-electron chi connectivity index (χ2n) is 3.66. The molecule has 4 N–H and O–H groups in total. The summed E-state index contributed by atoms with van der Waals surface area (Å²) in [6, 6.07) is 3.90. The molecule has 1 aliphatic rings. The molecule has 0 spiro atoms. The standard InChI is InChI=1S/C10H14N4O/c11-7-1-3-9(12-5-7)14-8-2-4-10(15)13-6-8/h1,3,5,8H,2,4,6,11H2,(H,12,14)(H,13,15). The summed E-state index contributed by atoms with van der Waals surface area (Å²) in [4.78, 5) is 15.1. The Balaban J connectivity index is 1.91. The van der Waals surface area contributed by atoms with E-state index in [-0.39, 0.29) is 11.9 Å². The second kappa shape index (κ2) is 4.16. The number of nitrogens with one attached hydrogen (secondary N) is 2. The summed E-state index contributed by atoms with van der Waals surface area (Å²) in [5.41, 5.74) is 6.18. The van der Waals surface area contributed by atoms with Crippen LogP contribution in [0.5, 0.6) is 0 Å². The number of hydrogen-bond acceptors (Lipinski definition) is 4. The summed E-state index contributed by atoms with van der Waals surface area (Å²) in [6.07, 6.45) is 3.04. The predicted molar refractivity (Wildman–Crippen MR) is 58.3 cm³/mol. The first-order valence-electron chi connectivity index (χ1n) is 4.99. The largest absolute Gasteiger partial charge is 0.397 e. The van der Waals surface area contributed by atoms with Crippen molar-refractivity contribution in [3.8, 4) is 0 Å². The highest BCUT2D eigenvalue weighted by Gasteiger charge is 2.17. The van der Waals surface area contributed by atoms with E-state index in [1.165, 1.54) is 0 Å². The maximum Gasteiger partial charge on any atom is 0.220 e. The number of nitrogens with two attached hydrogens (primary N) is 1. The van der Waals surface area contributed by atoms with Gasteiger partial charge in [0.2, 0.25) is 5.91 Å². The molecule has 1 fully saturated rings. The van der Waals surface area contributed by atoms with E-state index in [1.54, 1.807) is 12.3 Å². The number of nitrogen functional groups attached to an aromatic ring is 1. The van der Waals surface area contributed by atoms with Crippen LogP contribution in [0.25, 0.3) is 0 Å². The lowest BCUT2D eigenvalue weighted by Gasteiger charge is -2.23. The average Bonchev–Trinajstić information content (AvgIpc) is 2.25. The molecule has 0 aromatic carbocycles. The minimum absolute atomic E-state index is 0.123. The summed E-state index contributed by atoms with van der Waals surface area (Å²) < 4.78 is 0. The second-order valence-corrected chi connectivity index (χ2v) is 3.66. The van der Waals surface area contributed by atoms with Crippen LogP contribution in [0, 0.1) is 0 Å².